The number of nitrogens with one attached hydrogen (secondary N) is 2. The number of nitrogens with zero attached hydrogens (tertiary/aromatic N) is 1. The second kappa shape index (κ2) is 8.05. The molecular formula is C17H18ClN3O4S. The van der Waals surface area contributed by atoms with E-state index in [-0.39, 0.29) is 15.6 Å². The van der Waals surface area contributed by atoms with E-state index in [9.17, 15) is 13.2 Å². The van der Waals surface area contributed by atoms with Gasteiger partial charge in [0.15, 0.2) is 0 Å². The number of hydrogen-bond donors (Lipinski definition) is 2. The lowest BCUT2D eigenvalue weighted by Crippen LogP contribution is -2.40. The van der Waals surface area contributed by atoms with Crippen LogP contribution in [-0.4, -0.2) is 45.1 Å². The number of hydrogen-bond acceptors (Lipinski definition) is 4. The van der Waals surface area contributed by atoms with Gasteiger partial charge in [0.05, 0.1) is 28.8 Å². The molecule has 0 aromatic heterocycles. The molecule has 1 aliphatic heterocycles. The Morgan fingerprint density at radius 2 is 1.73 bits per heavy atom. The Hall–Kier alpha value is -2.13. The Balaban J connectivity index is 1.78. The van der Waals surface area contributed by atoms with Gasteiger partial charge >= 0.3 is 6.03 Å². The lowest BCUT2D eigenvalue weighted by atomic mass is 10.3. The summed E-state index contributed by atoms with van der Waals surface area (Å²) in [5.74, 6) is 0. The molecule has 2 aromatic rings. The van der Waals surface area contributed by atoms with Crippen molar-refractivity contribution in [1.82, 2.24) is 4.31 Å². The van der Waals surface area contributed by atoms with E-state index in [4.69, 9.17) is 16.3 Å². The summed E-state index contributed by atoms with van der Waals surface area (Å²) in [7, 11) is -3.67. The summed E-state index contributed by atoms with van der Waals surface area (Å²) < 4.78 is 32.0. The van der Waals surface area contributed by atoms with Gasteiger partial charge in [-0.15, -0.1) is 0 Å². The molecule has 26 heavy (non-hydrogen) atoms. The zero-order valence-corrected chi connectivity index (χ0v) is 15.4. The number of carbonyl (C=O) groups excluding carboxylic acids is 1. The van der Waals surface area contributed by atoms with E-state index in [0.717, 1.165) is 0 Å². The molecule has 1 fully saturated rings. The number of rotatable bonds is 4. The molecule has 0 radical (unpaired) electrons. The molecule has 1 aliphatic rings. The van der Waals surface area contributed by atoms with E-state index in [0.29, 0.717) is 32.0 Å². The highest BCUT2D eigenvalue weighted by Gasteiger charge is 2.27. The number of sulfonamides is 1. The normalized spacial score (nSPS) is 15.4. The Bertz CT molecular complexity index is 884. The average molecular weight is 396 g/mol. The summed E-state index contributed by atoms with van der Waals surface area (Å²) >= 11 is 6.11. The van der Waals surface area contributed by atoms with Crippen molar-refractivity contribution in [3.8, 4) is 0 Å². The number of halogens is 1. The zero-order chi connectivity index (χ0) is 18.6. The maximum absolute atomic E-state index is 12.7. The first kappa shape index (κ1) is 18.7. The third-order valence-electron chi connectivity index (χ3n) is 3.83. The molecule has 9 heteroatoms. The minimum absolute atomic E-state index is 0.0683. The summed E-state index contributed by atoms with van der Waals surface area (Å²) in [5.41, 5.74) is 0.827. The first-order valence-corrected chi connectivity index (χ1v) is 9.79. The number of morpholine rings is 1. The van der Waals surface area contributed by atoms with Crippen molar-refractivity contribution in [3.05, 3.63) is 53.6 Å². The van der Waals surface area contributed by atoms with Gasteiger partial charge in [0.2, 0.25) is 10.0 Å². The Morgan fingerprint density at radius 3 is 2.42 bits per heavy atom. The molecule has 0 atom stereocenters. The van der Waals surface area contributed by atoms with Gasteiger partial charge in [-0.05, 0) is 30.3 Å². The minimum Gasteiger partial charge on any atom is -0.379 e. The van der Waals surface area contributed by atoms with Gasteiger partial charge in [-0.25, -0.2) is 13.2 Å². The van der Waals surface area contributed by atoms with Gasteiger partial charge in [-0.1, -0.05) is 29.8 Å². The van der Waals surface area contributed by atoms with Crippen molar-refractivity contribution in [1.29, 1.82) is 0 Å². The van der Waals surface area contributed by atoms with Crippen LogP contribution in [0.2, 0.25) is 5.02 Å². The molecule has 1 heterocycles. The zero-order valence-electron chi connectivity index (χ0n) is 13.8. The van der Waals surface area contributed by atoms with Gasteiger partial charge < -0.3 is 15.4 Å². The fraction of sp³-hybridized carbons (Fsp3) is 0.235. The van der Waals surface area contributed by atoms with Crippen molar-refractivity contribution in [2.75, 3.05) is 36.9 Å². The van der Waals surface area contributed by atoms with Crippen molar-refractivity contribution in [3.63, 3.8) is 0 Å². The topological polar surface area (TPSA) is 87.7 Å². The van der Waals surface area contributed by atoms with Crippen LogP contribution in [0.1, 0.15) is 0 Å². The summed E-state index contributed by atoms with van der Waals surface area (Å²) in [6, 6.07) is 12.6. The Kier molecular flexibility index (Phi) is 5.77. The monoisotopic (exact) mass is 395 g/mol. The van der Waals surface area contributed by atoms with Gasteiger partial charge in [0.1, 0.15) is 0 Å². The second-order valence-electron chi connectivity index (χ2n) is 5.60. The summed E-state index contributed by atoms with van der Waals surface area (Å²) in [6.45, 7) is 1.30. The Labute approximate surface area is 157 Å². The molecule has 2 N–H and O–H groups in total. The standard InChI is InChI=1S/C17H18ClN3O4S/c18-15-7-6-14(26(23,24)21-8-10-25-11-9-21)12-16(15)20-17(22)19-13-4-2-1-3-5-13/h1-7,12H,8-11H2,(H2,19,20,22). The minimum atomic E-state index is -3.67. The van der Waals surface area contributed by atoms with Crippen LogP contribution < -0.4 is 10.6 Å². The number of benzene rings is 2. The van der Waals surface area contributed by atoms with Crippen LogP contribution >= 0.6 is 11.6 Å². The first-order valence-electron chi connectivity index (χ1n) is 7.97. The van der Waals surface area contributed by atoms with Crippen molar-refractivity contribution < 1.29 is 17.9 Å². The molecule has 0 saturated carbocycles. The molecule has 138 valence electrons. The lowest BCUT2D eigenvalue weighted by molar-refractivity contribution is 0.0730. The first-order chi connectivity index (χ1) is 12.5. The quantitative estimate of drug-likeness (QED) is 0.833. The van der Waals surface area contributed by atoms with Gasteiger partial charge in [-0.2, -0.15) is 4.31 Å². The number of urea groups is 1. The van der Waals surface area contributed by atoms with Crippen LogP contribution in [0.4, 0.5) is 16.2 Å². The molecular weight excluding hydrogens is 378 g/mol. The van der Waals surface area contributed by atoms with Crippen LogP contribution in [-0.2, 0) is 14.8 Å². The SMILES string of the molecule is O=C(Nc1ccccc1)Nc1cc(S(=O)(=O)N2CCOCC2)ccc1Cl. The summed E-state index contributed by atoms with van der Waals surface area (Å²) in [6.07, 6.45) is 0. The van der Waals surface area contributed by atoms with Crippen molar-refractivity contribution in [2.45, 2.75) is 4.90 Å². The van der Waals surface area contributed by atoms with Crippen molar-refractivity contribution in [2.24, 2.45) is 0 Å². The number of amides is 2. The van der Waals surface area contributed by atoms with Crippen LogP contribution in [0.3, 0.4) is 0 Å². The molecule has 2 aromatic carbocycles. The smallest absolute Gasteiger partial charge is 0.323 e. The van der Waals surface area contributed by atoms with E-state index in [1.54, 1.807) is 24.3 Å². The molecule has 0 aliphatic carbocycles. The molecule has 0 spiro atoms. The highest BCUT2D eigenvalue weighted by atomic mass is 35.5. The fourth-order valence-corrected chi connectivity index (χ4v) is 4.10. The van der Waals surface area contributed by atoms with E-state index in [1.807, 2.05) is 6.07 Å². The molecule has 0 unspecified atom stereocenters. The fourth-order valence-electron chi connectivity index (χ4n) is 2.50. The largest absolute Gasteiger partial charge is 0.379 e. The molecule has 0 bridgehead atoms. The third kappa shape index (κ3) is 4.34. The maximum Gasteiger partial charge on any atom is 0.323 e. The molecule has 7 nitrogen and oxygen atoms in total. The van der Waals surface area contributed by atoms with Crippen molar-refractivity contribution >= 4 is 39.0 Å². The van der Waals surface area contributed by atoms with E-state index in [1.165, 1.54) is 22.5 Å². The summed E-state index contributed by atoms with van der Waals surface area (Å²) in [5, 5.41) is 5.48. The van der Waals surface area contributed by atoms with E-state index >= 15 is 0 Å². The van der Waals surface area contributed by atoms with Crippen LogP contribution in [0.25, 0.3) is 0 Å². The molecule has 2 amide bonds. The number of para-hydroxylation sites is 1. The highest BCUT2D eigenvalue weighted by Crippen LogP contribution is 2.27. The van der Waals surface area contributed by atoms with E-state index < -0.39 is 16.1 Å². The third-order valence-corrected chi connectivity index (χ3v) is 6.05. The number of ether oxygens (including phenoxy) is 1. The average Bonchev–Trinajstić information content (AvgIpc) is 2.65. The molecule has 3 rings (SSSR count). The number of anilines is 2. The second-order valence-corrected chi connectivity index (χ2v) is 7.95. The highest BCUT2D eigenvalue weighted by molar-refractivity contribution is 7.89. The molecule has 1 saturated heterocycles. The summed E-state index contributed by atoms with van der Waals surface area (Å²) in [4.78, 5) is 12.2. The van der Waals surface area contributed by atoms with Crippen LogP contribution in [0, 0.1) is 0 Å². The lowest BCUT2D eigenvalue weighted by Gasteiger charge is -2.26. The Morgan fingerprint density at radius 1 is 1.04 bits per heavy atom. The van der Waals surface area contributed by atoms with Gasteiger partial charge in [-0.3, -0.25) is 0 Å². The maximum atomic E-state index is 12.7. The van der Waals surface area contributed by atoms with Gasteiger partial charge in [0, 0.05) is 18.8 Å². The van der Waals surface area contributed by atoms with Crippen LogP contribution in [0.5, 0.6) is 0 Å². The van der Waals surface area contributed by atoms with Gasteiger partial charge in [0.25, 0.3) is 0 Å². The number of carbonyl (C=O) groups is 1. The van der Waals surface area contributed by atoms with E-state index in [2.05, 4.69) is 10.6 Å². The predicted molar refractivity (Wildman–Crippen MR) is 100 cm³/mol. The predicted octanol–water partition coefficient (Wildman–Crippen LogP) is 3.00. The van der Waals surface area contributed by atoms with Crippen LogP contribution in [0.15, 0.2) is 53.4 Å².